The number of ether oxygens (including phenoxy) is 1. The fourth-order valence-corrected chi connectivity index (χ4v) is 1.38. The van der Waals surface area contributed by atoms with Crippen LogP contribution in [0.5, 0.6) is 5.75 Å². The number of hydrogen-bond acceptors (Lipinski definition) is 4. The Hall–Kier alpha value is -1.72. The van der Waals surface area contributed by atoms with E-state index in [9.17, 15) is 14.8 Å². The number of benzene rings is 1. The second-order valence-corrected chi connectivity index (χ2v) is 2.90. The van der Waals surface area contributed by atoms with Crippen LogP contribution in [-0.4, -0.2) is 18.8 Å². The van der Waals surface area contributed by atoms with Crippen LogP contribution in [0.2, 0.25) is 0 Å². The van der Waals surface area contributed by atoms with E-state index >= 15 is 0 Å². The monoisotopic (exact) mass is 193 g/mol. The molecule has 1 aliphatic heterocycles. The lowest BCUT2D eigenvalue weighted by molar-refractivity contribution is -0.680. The molecule has 0 saturated heterocycles. The zero-order chi connectivity index (χ0) is 10.3. The van der Waals surface area contributed by atoms with Gasteiger partial charge in [-0.15, -0.1) is 0 Å². The molecule has 0 spiro atoms. The van der Waals surface area contributed by atoms with Crippen molar-refractivity contribution in [1.82, 2.24) is 0 Å². The lowest BCUT2D eigenvalue weighted by Gasteiger charge is -2.11. The van der Waals surface area contributed by atoms with Gasteiger partial charge in [-0.05, 0) is 12.1 Å². The Morgan fingerprint density at radius 2 is 2.07 bits per heavy atom. The van der Waals surface area contributed by atoms with Gasteiger partial charge in [0.15, 0.2) is 5.69 Å². The van der Waals surface area contributed by atoms with Crippen molar-refractivity contribution in [2.75, 3.05) is 7.11 Å². The first kappa shape index (κ1) is 8.86. The van der Waals surface area contributed by atoms with Gasteiger partial charge in [0.1, 0.15) is 5.75 Å². The van der Waals surface area contributed by atoms with E-state index in [1.54, 1.807) is 6.07 Å². The van der Waals surface area contributed by atoms with Gasteiger partial charge < -0.3 is 9.94 Å². The Morgan fingerprint density at radius 3 is 2.71 bits per heavy atom. The largest absolute Gasteiger partial charge is 0.621 e. The summed E-state index contributed by atoms with van der Waals surface area (Å²) in [6.45, 7) is 0. The van der Waals surface area contributed by atoms with Crippen LogP contribution in [0, 0.1) is 5.21 Å². The summed E-state index contributed by atoms with van der Waals surface area (Å²) in [6, 6.07) is 4.38. The van der Waals surface area contributed by atoms with Crippen molar-refractivity contribution < 1.29 is 19.4 Å². The molecule has 5 nitrogen and oxygen atoms in total. The lowest BCUT2D eigenvalue weighted by atomic mass is 10.1. The molecule has 0 fully saturated rings. The standard InChI is InChI=1S/C9H7NO4/c1-14-5-2-3-6-7(4-5)10(13)9(12)8(6)11/h2-4,10H,1H3. The predicted octanol–water partition coefficient (Wildman–Crippen LogP) is -0.568. The zero-order valence-corrected chi connectivity index (χ0v) is 7.37. The van der Waals surface area contributed by atoms with Gasteiger partial charge in [-0.1, -0.05) is 0 Å². The van der Waals surface area contributed by atoms with E-state index in [4.69, 9.17) is 4.74 Å². The van der Waals surface area contributed by atoms with Crippen LogP contribution >= 0.6 is 0 Å². The summed E-state index contributed by atoms with van der Waals surface area (Å²) in [5.74, 6) is -1.24. The van der Waals surface area contributed by atoms with Crippen LogP contribution in [0.15, 0.2) is 18.2 Å². The predicted molar refractivity (Wildman–Crippen MR) is 46.3 cm³/mol. The molecule has 1 amide bonds. The van der Waals surface area contributed by atoms with Crippen molar-refractivity contribution in [3.8, 4) is 5.75 Å². The van der Waals surface area contributed by atoms with Crippen LogP contribution in [0.1, 0.15) is 10.4 Å². The van der Waals surface area contributed by atoms with E-state index in [0.29, 0.717) is 5.75 Å². The number of carbonyl (C=O) groups is 2. The van der Waals surface area contributed by atoms with Crippen molar-refractivity contribution in [1.29, 1.82) is 0 Å². The molecule has 5 heteroatoms. The smallest absolute Gasteiger partial charge is 0.390 e. The topological polar surface area (TPSA) is 70.9 Å². The molecule has 0 bridgehead atoms. The summed E-state index contributed by atoms with van der Waals surface area (Å²) in [4.78, 5) is 22.2. The van der Waals surface area contributed by atoms with E-state index < -0.39 is 16.8 Å². The number of carbonyl (C=O) groups excluding carboxylic acids is 2. The highest BCUT2D eigenvalue weighted by Gasteiger charge is 2.37. The van der Waals surface area contributed by atoms with Crippen molar-refractivity contribution in [2.24, 2.45) is 0 Å². The first-order chi connectivity index (χ1) is 6.65. The maximum absolute atomic E-state index is 11.2. The molecule has 1 aliphatic rings. The van der Waals surface area contributed by atoms with Crippen molar-refractivity contribution >= 4 is 17.4 Å². The van der Waals surface area contributed by atoms with Crippen LogP contribution in [0.4, 0.5) is 5.69 Å². The van der Waals surface area contributed by atoms with E-state index in [2.05, 4.69) is 0 Å². The molecule has 1 unspecified atom stereocenters. The Balaban J connectivity index is 2.59. The summed E-state index contributed by atoms with van der Waals surface area (Å²) in [5.41, 5.74) is 0.306. The number of quaternary nitrogens is 1. The molecule has 72 valence electrons. The van der Waals surface area contributed by atoms with Gasteiger partial charge in [-0.2, -0.15) is 0 Å². The molecule has 2 rings (SSSR count). The SMILES string of the molecule is COc1ccc2c(c1)[NH+]([O-])C(=O)C2=O. The van der Waals surface area contributed by atoms with Crippen LogP contribution in [0.3, 0.4) is 0 Å². The van der Waals surface area contributed by atoms with Gasteiger partial charge in [0, 0.05) is 6.07 Å². The highest BCUT2D eigenvalue weighted by molar-refractivity contribution is 6.43. The van der Waals surface area contributed by atoms with Crippen LogP contribution in [0.25, 0.3) is 0 Å². The molecule has 1 aromatic rings. The third kappa shape index (κ3) is 1.03. The average molecular weight is 193 g/mol. The van der Waals surface area contributed by atoms with Gasteiger partial charge in [0.2, 0.25) is 0 Å². The molecular weight excluding hydrogens is 186 g/mol. The highest BCUT2D eigenvalue weighted by atomic mass is 16.5. The minimum atomic E-state index is -0.965. The highest BCUT2D eigenvalue weighted by Crippen LogP contribution is 2.22. The number of hydroxylamine groups is 1. The molecule has 1 aromatic carbocycles. The number of hydrogen-bond donors (Lipinski definition) is 1. The zero-order valence-electron chi connectivity index (χ0n) is 7.37. The Bertz CT molecular complexity index is 427. The maximum atomic E-state index is 11.2. The molecule has 1 heterocycles. The number of ketones is 1. The van der Waals surface area contributed by atoms with E-state index in [1.807, 2.05) is 0 Å². The first-order valence-corrected chi connectivity index (χ1v) is 3.96. The molecule has 0 aliphatic carbocycles. The van der Waals surface area contributed by atoms with E-state index in [-0.39, 0.29) is 11.3 Å². The fourth-order valence-electron chi connectivity index (χ4n) is 1.38. The third-order valence-electron chi connectivity index (χ3n) is 2.13. The lowest BCUT2D eigenvalue weighted by Crippen LogP contribution is -3.04. The van der Waals surface area contributed by atoms with Crippen LogP contribution in [-0.2, 0) is 4.79 Å². The second-order valence-electron chi connectivity index (χ2n) is 2.90. The summed E-state index contributed by atoms with van der Waals surface area (Å²) >= 11 is 0. The average Bonchev–Trinajstić information content (AvgIpc) is 2.44. The number of Topliss-reactive ketones (excluding diaryl/α,β-unsaturated/α-hetero) is 1. The molecule has 0 aromatic heterocycles. The molecule has 1 N–H and O–H groups in total. The van der Waals surface area contributed by atoms with Gasteiger partial charge in [0.25, 0.3) is 5.78 Å². The van der Waals surface area contributed by atoms with Crippen molar-refractivity contribution in [3.63, 3.8) is 0 Å². The summed E-state index contributed by atoms with van der Waals surface area (Å²) in [5, 5.41) is 10.5. The second kappa shape index (κ2) is 2.90. The number of fused-ring (bicyclic) bond motifs is 1. The van der Waals surface area contributed by atoms with Crippen LogP contribution < -0.4 is 9.80 Å². The molecular formula is C9H7NO4. The number of methoxy groups -OCH3 is 1. The third-order valence-corrected chi connectivity index (χ3v) is 2.13. The molecule has 0 saturated carbocycles. The molecule has 0 radical (unpaired) electrons. The number of rotatable bonds is 1. The maximum Gasteiger partial charge on any atom is 0.390 e. The normalized spacial score (nSPS) is 19.7. The molecule has 1 atom stereocenters. The Labute approximate surface area is 79.5 Å². The van der Waals surface area contributed by atoms with E-state index in [1.165, 1.54) is 19.2 Å². The minimum absolute atomic E-state index is 0.138. The summed E-state index contributed by atoms with van der Waals surface area (Å²) < 4.78 is 4.88. The van der Waals surface area contributed by atoms with Crippen molar-refractivity contribution in [3.05, 3.63) is 29.0 Å². The first-order valence-electron chi connectivity index (χ1n) is 3.96. The Kier molecular flexibility index (Phi) is 1.83. The summed E-state index contributed by atoms with van der Waals surface area (Å²) in [7, 11) is 1.45. The van der Waals surface area contributed by atoms with Crippen molar-refractivity contribution in [2.45, 2.75) is 0 Å². The van der Waals surface area contributed by atoms with Gasteiger partial charge in [-0.25, -0.2) is 4.79 Å². The number of nitrogens with one attached hydrogen (secondary N) is 1. The Morgan fingerprint density at radius 1 is 1.36 bits per heavy atom. The fraction of sp³-hybridized carbons (Fsp3) is 0.111. The van der Waals surface area contributed by atoms with Gasteiger partial charge in [-0.3, -0.25) is 9.86 Å². The quantitative estimate of drug-likeness (QED) is 0.479. The van der Waals surface area contributed by atoms with E-state index in [0.717, 1.165) is 0 Å². The van der Waals surface area contributed by atoms with Gasteiger partial charge >= 0.3 is 5.91 Å². The summed E-state index contributed by atoms with van der Waals surface area (Å²) in [6.07, 6.45) is 0. The minimum Gasteiger partial charge on any atom is -0.621 e. The van der Waals surface area contributed by atoms with Gasteiger partial charge in [0.05, 0.1) is 12.7 Å². The number of amides is 1. The molecule has 14 heavy (non-hydrogen) atoms.